The molecule has 0 aliphatic heterocycles. The normalized spacial score (nSPS) is 12.3. The highest BCUT2D eigenvalue weighted by molar-refractivity contribution is 5.97. The van der Waals surface area contributed by atoms with E-state index in [0.717, 1.165) is 57.6 Å². The zero-order valence-corrected chi connectivity index (χ0v) is 31.2. The highest BCUT2D eigenvalue weighted by Gasteiger charge is 2.17. The molecule has 7 aromatic rings. The van der Waals surface area contributed by atoms with Crippen molar-refractivity contribution in [2.75, 3.05) is 0 Å². The molecule has 0 radical (unpaired) electrons. The van der Waals surface area contributed by atoms with Crippen molar-refractivity contribution in [1.82, 2.24) is 19.9 Å². The summed E-state index contributed by atoms with van der Waals surface area (Å²) in [6.07, 6.45) is 19.3. The molecule has 4 nitrogen and oxygen atoms in total. The lowest BCUT2D eigenvalue weighted by Gasteiger charge is -2.17. The standard InChI is InChI=1S/C51H42N4/c1-3-4-5-13-26-49-53-50(39-19-10-8-11-20-39)55-51(54-49)43-32-41(31-42(33-43)48-35-52-34-40-21-14-15-24-46(40)48)37-27-29-38(30-28-37)45-23-12-7-6-9-18-36(2)44-22-16-17-25-47(44)45/h3-13,15-20,22-25,27-35H,14,21,26H2,1-2H3/b4-3-,7-6?,9-6?,12-7?,13-5-,18-9?,23-12?,36-18?,44-36?,45-23?,47-45?. The lowest BCUT2D eigenvalue weighted by Crippen LogP contribution is -2.03. The fraction of sp³-hybridized carbons (Fsp3) is 0.0980. The molecule has 55 heavy (non-hydrogen) atoms. The Kier molecular flexibility index (Phi) is 10.6. The van der Waals surface area contributed by atoms with Gasteiger partial charge in [-0.3, -0.25) is 4.98 Å². The van der Waals surface area contributed by atoms with Crippen molar-refractivity contribution in [3.05, 3.63) is 199 Å². The molecular formula is C51H42N4. The highest BCUT2D eigenvalue weighted by Crippen LogP contribution is 2.37. The molecule has 4 heteroatoms. The van der Waals surface area contributed by atoms with Crippen LogP contribution in [0.4, 0.5) is 0 Å². The maximum Gasteiger partial charge on any atom is 0.163 e. The number of aromatic nitrogens is 4. The minimum absolute atomic E-state index is 0.592. The molecule has 0 fully saturated rings. The molecule has 0 atom stereocenters. The van der Waals surface area contributed by atoms with Crippen molar-refractivity contribution >= 4 is 16.8 Å². The Morgan fingerprint density at radius 3 is 2.05 bits per heavy atom. The summed E-state index contributed by atoms with van der Waals surface area (Å²) in [4.78, 5) is 19.8. The Morgan fingerprint density at radius 1 is 0.564 bits per heavy atom. The summed E-state index contributed by atoms with van der Waals surface area (Å²) in [6, 6.07) is 47.2. The largest absolute Gasteiger partial charge is 0.264 e. The van der Waals surface area contributed by atoms with Gasteiger partial charge >= 0.3 is 0 Å². The van der Waals surface area contributed by atoms with E-state index in [4.69, 9.17) is 19.9 Å². The molecule has 0 bridgehead atoms. The molecule has 0 spiro atoms. The van der Waals surface area contributed by atoms with E-state index in [-0.39, 0.29) is 0 Å². The predicted octanol–water partition coefficient (Wildman–Crippen LogP) is 12.8. The molecule has 0 unspecified atom stereocenters. The third-order valence-electron chi connectivity index (χ3n) is 10.0. The van der Waals surface area contributed by atoms with Crippen LogP contribution >= 0.6 is 0 Å². The second-order valence-electron chi connectivity index (χ2n) is 13.7. The van der Waals surface area contributed by atoms with Crippen molar-refractivity contribution in [1.29, 1.82) is 0 Å². The van der Waals surface area contributed by atoms with Crippen molar-refractivity contribution in [3.8, 4) is 56.2 Å². The molecule has 5 aromatic carbocycles. The monoisotopic (exact) mass is 710 g/mol. The fourth-order valence-electron chi connectivity index (χ4n) is 7.19. The number of nitrogens with zero attached hydrogens (tertiary/aromatic N) is 4. The van der Waals surface area contributed by atoms with Gasteiger partial charge in [0.05, 0.1) is 0 Å². The molecule has 1 aliphatic rings. The lowest BCUT2D eigenvalue weighted by atomic mass is 9.89. The molecule has 2 aromatic heterocycles. The molecular weight excluding hydrogens is 669 g/mol. The van der Waals surface area contributed by atoms with Gasteiger partial charge < -0.3 is 0 Å². The number of allylic oxidation sites excluding steroid dienone is 5. The summed E-state index contributed by atoms with van der Waals surface area (Å²) in [7, 11) is 0. The SMILES string of the molecule is C/C=C\C=C/Cc1nc(-c2ccccc2)nc(-c2cc(-c3ccc(-c4ccccccc(C)c5ccccc45)cc3)cc(-c3cncc4c3C=CCC4)c2)n1. The van der Waals surface area contributed by atoms with Gasteiger partial charge in [0.1, 0.15) is 5.82 Å². The maximum atomic E-state index is 5.10. The highest BCUT2D eigenvalue weighted by atomic mass is 15.0. The van der Waals surface area contributed by atoms with Crippen LogP contribution in [0.1, 0.15) is 35.9 Å². The molecule has 0 N–H and O–H groups in total. The van der Waals surface area contributed by atoms with Crippen LogP contribution in [0.2, 0.25) is 0 Å². The molecule has 0 amide bonds. The Balaban J connectivity index is 1.29. The average molecular weight is 711 g/mol. The number of benzene rings is 4. The fourth-order valence-corrected chi connectivity index (χ4v) is 7.19. The van der Waals surface area contributed by atoms with Gasteiger partial charge in [-0.25, -0.2) is 15.0 Å². The number of rotatable bonds is 8. The number of fused-ring (bicyclic) bond motifs is 2. The van der Waals surface area contributed by atoms with Gasteiger partial charge in [-0.05, 0) is 100 Å². The van der Waals surface area contributed by atoms with Gasteiger partial charge in [-0.2, -0.15) is 0 Å². The van der Waals surface area contributed by atoms with E-state index in [2.05, 4.69) is 128 Å². The van der Waals surface area contributed by atoms with E-state index >= 15 is 0 Å². The summed E-state index contributed by atoms with van der Waals surface area (Å²) >= 11 is 0. The van der Waals surface area contributed by atoms with Gasteiger partial charge in [0.25, 0.3) is 0 Å². The van der Waals surface area contributed by atoms with Crippen molar-refractivity contribution in [2.24, 2.45) is 0 Å². The zero-order valence-electron chi connectivity index (χ0n) is 31.2. The zero-order chi connectivity index (χ0) is 37.4. The first kappa shape index (κ1) is 35.3. The van der Waals surface area contributed by atoms with Crippen LogP contribution in [-0.4, -0.2) is 19.9 Å². The van der Waals surface area contributed by atoms with Crippen molar-refractivity contribution in [3.63, 3.8) is 0 Å². The second kappa shape index (κ2) is 16.5. The third-order valence-corrected chi connectivity index (χ3v) is 10.0. The minimum atomic E-state index is 0.592. The van der Waals surface area contributed by atoms with Crippen LogP contribution in [0.5, 0.6) is 0 Å². The Bertz CT molecular complexity index is 2630. The number of hydrogen-bond donors (Lipinski definition) is 0. The number of hydrogen-bond acceptors (Lipinski definition) is 4. The molecule has 1 aliphatic carbocycles. The maximum absolute atomic E-state index is 5.10. The third kappa shape index (κ3) is 7.95. The molecule has 8 rings (SSSR count). The molecule has 0 saturated carbocycles. The van der Waals surface area contributed by atoms with Gasteiger partial charge in [0, 0.05) is 35.5 Å². The quantitative estimate of drug-likeness (QED) is 0.147. The molecule has 2 heterocycles. The first-order valence-electron chi connectivity index (χ1n) is 18.9. The summed E-state index contributed by atoms with van der Waals surface area (Å²) < 4.78 is 0. The van der Waals surface area contributed by atoms with E-state index in [1.165, 1.54) is 33.0 Å². The van der Waals surface area contributed by atoms with Crippen LogP contribution < -0.4 is 0 Å². The second-order valence-corrected chi connectivity index (χ2v) is 13.7. The van der Waals surface area contributed by atoms with E-state index < -0.39 is 0 Å². The van der Waals surface area contributed by atoms with Crippen molar-refractivity contribution in [2.45, 2.75) is 33.1 Å². The van der Waals surface area contributed by atoms with Gasteiger partial charge in [0.2, 0.25) is 0 Å². The van der Waals surface area contributed by atoms with E-state index in [9.17, 15) is 0 Å². The van der Waals surface area contributed by atoms with Crippen molar-refractivity contribution < 1.29 is 0 Å². The predicted molar refractivity (Wildman–Crippen MR) is 230 cm³/mol. The van der Waals surface area contributed by atoms with Crippen LogP contribution in [0.15, 0.2) is 176 Å². The first-order chi connectivity index (χ1) is 27.1. The minimum Gasteiger partial charge on any atom is -0.264 e. The van der Waals surface area contributed by atoms with E-state index in [1.807, 2.05) is 67.9 Å². The number of pyridine rings is 1. The Morgan fingerprint density at radius 2 is 1.24 bits per heavy atom. The van der Waals surface area contributed by atoms with Crippen LogP contribution in [-0.2, 0) is 12.8 Å². The van der Waals surface area contributed by atoms with Gasteiger partial charge in [-0.15, -0.1) is 0 Å². The Labute approximate surface area is 323 Å². The topological polar surface area (TPSA) is 51.6 Å². The summed E-state index contributed by atoms with van der Waals surface area (Å²) in [5, 5.41) is 2.44. The van der Waals surface area contributed by atoms with E-state index in [0.29, 0.717) is 18.1 Å². The molecule has 266 valence electrons. The van der Waals surface area contributed by atoms with Gasteiger partial charge in [-0.1, -0.05) is 152 Å². The lowest BCUT2D eigenvalue weighted by molar-refractivity contribution is 0.947. The molecule has 0 saturated heterocycles. The van der Waals surface area contributed by atoms with Crippen LogP contribution in [0.25, 0.3) is 73.0 Å². The first-order valence-corrected chi connectivity index (χ1v) is 18.9. The van der Waals surface area contributed by atoms with Crippen LogP contribution in [0, 0.1) is 6.92 Å². The van der Waals surface area contributed by atoms with Crippen LogP contribution in [0.3, 0.4) is 0 Å². The number of aryl methyl sites for hydroxylation is 2. The summed E-state index contributed by atoms with van der Waals surface area (Å²) in [5.41, 5.74) is 12.3. The summed E-state index contributed by atoms with van der Waals surface area (Å²) in [6.45, 7) is 4.18. The van der Waals surface area contributed by atoms with E-state index in [1.54, 1.807) is 0 Å². The smallest absolute Gasteiger partial charge is 0.163 e. The Hall–Kier alpha value is -6.78. The summed E-state index contributed by atoms with van der Waals surface area (Å²) in [5.74, 6) is 2.02. The van der Waals surface area contributed by atoms with Gasteiger partial charge in [0.15, 0.2) is 11.6 Å². The average Bonchev–Trinajstić information content (AvgIpc) is 3.25.